The van der Waals surface area contributed by atoms with E-state index in [0.717, 1.165) is 0 Å². The molecule has 0 aliphatic carbocycles. The topological polar surface area (TPSA) is 21.3 Å². The fourth-order valence-electron chi connectivity index (χ4n) is 1.95. The first kappa shape index (κ1) is 15.9. The molecule has 1 unspecified atom stereocenters. The predicted octanol–water partition coefficient (Wildman–Crippen LogP) is 5.45. The lowest BCUT2D eigenvalue weighted by molar-refractivity contribution is 0.387. The normalized spacial score (nSPS) is 12.1. The molecule has 0 aliphatic heterocycles. The lowest BCUT2D eigenvalue weighted by Crippen LogP contribution is -2.08. The van der Waals surface area contributed by atoms with Gasteiger partial charge in [0.2, 0.25) is 0 Å². The first-order chi connectivity index (χ1) is 9.92. The minimum atomic E-state index is -0.540. The fraction of sp³-hybridized carbons (Fsp3) is 0.200. The maximum absolute atomic E-state index is 13.5. The van der Waals surface area contributed by atoms with E-state index in [1.807, 2.05) is 6.92 Å². The number of anilines is 1. The first-order valence-corrected chi connectivity index (χ1v) is 6.92. The lowest BCUT2D eigenvalue weighted by atomic mass is 10.1. The molecule has 2 rings (SSSR count). The highest BCUT2D eigenvalue weighted by molar-refractivity contribution is 6.35. The van der Waals surface area contributed by atoms with Gasteiger partial charge in [-0.25, -0.2) is 8.78 Å². The third-order valence-corrected chi connectivity index (χ3v) is 3.66. The van der Waals surface area contributed by atoms with E-state index in [2.05, 4.69) is 5.32 Å². The van der Waals surface area contributed by atoms with Crippen LogP contribution >= 0.6 is 23.2 Å². The molecule has 112 valence electrons. The van der Waals surface area contributed by atoms with Crippen LogP contribution in [0.25, 0.3) is 0 Å². The monoisotopic (exact) mass is 331 g/mol. The molecule has 0 amide bonds. The molecule has 0 saturated carbocycles. The van der Waals surface area contributed by atoms with Crippen molar-refractivity contribution in [3.63, 3.8) is 0 Å². The van der Waals surface area contributed by atoms with Gasteiger partial charge >= 0.3 is 0 Å². The first-order valence-electron chi connectivity index (χ1n) is 6.17. The molecule has 1 N–H and O–H groups in total. The Morgan fingerprint density at radius 2 is 1.76 bits per heavy atom. The molecule has 2 nitrogen and oxygen atoms in total. The Morgan fingerprint density at radius 3 is 2.43 bits per heavy atom. The Kier molecular flexibility index (Phi) is 4.91. The average Bonchev–Trinajstić information content (AvgIpc) is 2.44. The van der Waals surface area contributed by atoms with Gasteiger partial charge in [0.25, 0.3) is 0 Å². The number of benzene rings is 2. The molecular weight excluding hydrogens is 319 g/mol. The van der Waals surface area contributed by atoms with Crippen LogP contribution in [0, 0.1) is 11.6 Å². The second-order valence-corrected chi connectivity index (χ2v) is 5.32. The summed E-state index contributed by atoms with van der Waals surface area (Å²) in [6.45, 7) is 1.81. The van der Waals surface area contributed by atoms with Crippen molar-refractivity contribution in [2.45, 2.75) is 13.0 Å². The largest absolute Gasteiger partial charge is 0.494 e. The van der Waals surface area contributed by atoms with Crippen molar-refractivity contribution in [2.75, 3.05) is 12.4 Å². The Balaban J connectivity index is 2.25. The van der Waals surface area contributed by atoms with Crippen LogP contribution in [-0.4, -0.2) is 7.11 Å². The van der Waals surface area contributed by atoms with E-state index >= 15 is 0 Å². The molecule has 0 aliphatic rings. The van der Waals surface area contributed by atoms with Gasteiger partial charge < -0.3 is 10.1 Å². The van der Waals surface area contributed by atoms with Gasteiger partial charge in [-0.1, -0.05) is 23.2 Å². The summed E-state index contributed by atoms with van der Waals surface area (Å²) in [4.78, 5) is 0. The van der Waals surface area contributed by atoms with Crippen molar-refractivity contribution in [3.8, 4) is 5.75 Å². The molecule has 6 heteroatoms. The highest BCUT2D eigenvalue weighted by Gasteiger charge is 2.14. The standard InChI is InChI=1S/C15H13Cl2F2NO/c1-8(10-6-14(19)12(17)7-11(10)16)20-9-3-4-13(18)15(5-9)21-2/h3-8,20H,1-2H3. The van der Waals surface area contributed by atoms with Crippen molar-refractivity contribution < 1.29 is 13.5 Å². The lowest BCUT2D eigenvalue weighted by Gasteiger charge is -2.18. The number of hydrogen-bond acceptors (Lipinski definition) is 2. The summed E-state index contributed by atoms with van der Waals surface area (Å²) >= 11 is 11.7. The third-order valence-electron chi connectivity index (χ3n) is 3.04. The Morgan fingerprint density at radius 1 is 1.05 bits per heavy atom. The van der Waals surface area contributed by atoms with Gasteiger partial charge in [0.15, 0.2) is 11.6 Å². The van der Waals surface area contributed by atoms with Crippen LogP contribution < -0.4 is 10.1 Å². The van der Waals surface area contributed by atoms with Gasteiger partial charge in [-0.15, -0.1) is 0 Å². The van der Waals surface area contributed by atoms with Crippen LogP contribution in [0.3, 0.4) is 0 Å². The zero-order chi connectivity index (χ0) is 15.6. The van der Waals surface area contributed by atoms with Gasteiger partial charge in [0.05, 0.1) is 18.2 Å². The van der Waals surface area contributed by atoms with Crippen LogP contribution in [-0.2, 0) is 0 Å². The van der Waals surface area contributed by atoms with Crippen molar-refractivity contribution in [2.24, 2.45) is 0 Å². The predicted molar refractivity (Wildman–Crippen MR) is 81.4 cm³/mol. The average molecular weight is 332 g/mol. The van der Waals surface area contributed by atoms with Gasteiger partial charge in [0, 0.05) is 16.8 Å². The molecule has 0 fully saturated rings. The molecule has 0 radical (unpaired) electrons. The highest BCUT2D eigenvalue weighted by atomic mass is 35.5. The van der Waals surface area contributed by atoms with E-state index < -0.39 is 11.6 Å². The number of methoxy groups -OCH3 is 1. The summed E-state index contributed by atoms with van der Waals surface area (Å²) in [6, 6.07) is 6.72. The van der Waals surface area contributed by atoms with Gasteiger partial charge in [-0.2, -0.15) is 0 Å². The zero-order valence-electron chi connectivity index (χ0n) is 11.4. The smallest absolute Gasteiger partial charge is 0.165 e. The van der Waals surface area contributed by atoms with Gasteiger partial charge in [-0.3, -0.25) is 0 Å². The van der Waals surface area contributed by atoms with Crippen LogP contribution in [0.5, 0.6) is 5.75 Å². The SMILES string of the molecule is COc1cc(NC(C)c2cc(F)c(Cl)cc2Cl)ccc1F. The molecule has 0 spiro atoms. The number of rotatable bonds is 4. The van der Waals surface area contributed by atoms with Crippen molar-refractivity contribution in [3.05, 3.63) is 57.6 Å². The van der Waals surface area contributed by atoms with E-state index in [9.17, 15) is 8.78 Å². The molecule has 0 saturated heterocycles. The van der Waals surface area contributed by atoms with Crippen LogP contribution in [0.2, 0.25) is 10.0 Å². The fourth-order valence-corrected chi connectivity index (χ4v) is 2.49. The summed E-state index contributed by atoms with van der Waals surface area (Å²) < 4.78 is 31.8. The van der Waals surface area contributed by atoms with Crippen molar-refractivity contribution in [1.82, 2.24) is 0 Å². The van der Waals surface area contributed by atoms with Crippen LogP contribution in [0.4, 0.5) is 14.5 Å². The summed E-state index contributed by atoms with van der Waals surface area (Å²) in [7, 11) is 1.39. The summed E-state index contributed by atoms with van der Waals surface area (Å²) in [6.07, 6.45) is 0. The summed E-state index contributed by atoms with van der Waals surface area (Å²) in [5.41, 5.74) is 1.19. The van der Waals surface area contributed by atoms with E-state index in [4.69, 9.17) is 27.9 Å². The molecule has 21 heavy (non-hydrogen) atoms. The Hall–Kier alpha value is -1.52. The number of nitrogens with one attached hydrogen (secondary N) is 1. The molecular formula is C15H13Cl2F2NO. The molecule has 1 atom stereocenters. The maximum Gasteiger partial charge on any atom is 0.165 e. The third kappa shape index (κ3) is 3.57. The van der Waals surface area contributed by atoms with Crippen LogP contribution in [0.1, 0.15) is 18.5 Å². The number of ether oxygens (including phenoxy) is 1. The molecule has 2 aromatic rings. The van der Waals surface area contributed by atoms with E-state index in [1.165, 1.54) is 31.4 Å². The van der Waals surface area contributed by atoms with Crippen molar-refractivity contribution >= 4 is 28.9 Å². The van der Waals surface area contributed by atoms with Crippen molar-refractivity contribution in [1.29, 1.82) is 0 Å². The molecule has 0 aromatic heterocycles. The quantitative estimate of drug-likeness (QED) is 0.752. The van der Waals surface area contributed by atoms with E-state index in [1.54, 1.807) is 6.07 Å². The minimum absolute atomic E-state index is 0.0283. The summed E-state index contributed by atoms with van der Waals surface area (Å²) in [5.74, 6) is -0.867. The molecule has 2 aromatic carbocycles. The molecule has 0 bridgehead atoms. The van der Waals surface area contributed by atoms with Gasteiger partial charge in [0.1, 0.15) is 5.82 Å². The van der Waals surface area contributed by atoms with E-state index in [0.29, 0.717) is 16.3 Å². The maximum atomic E-state index is 13.5. The number of hydrogen-bond donors (Lipinski definition) is 1. The number of halogens is 4. The Labute approximate surface area is 131 Å². The second-order valence-electron chi connectivity index (χ2n) is 4.50. The highest BCUT2D eigenvalue weighted by Crippen LogP contribution is 2.31. The zero-order valence-corrected chi connectivity index (χ0v) is 12.9. The Bertz CT molecular complexity index is 664. The minimum Gasteiger partial charge on any atom is -0.494 e. The molecule has 0 heterocycles. The van der Waals surface area contributed by atoms with Crippen LogP contribution in [0.15, 0.2) is 30.3 Å². The van der Waals surface area contributed by atoms with E-state index in [-0.39, 0.29) is 16.8 Å². The van der Waals surface area contributed by atoms with Gasteiger partial charge in [-0.05, 0) is 36.8 Å². The summed E-state index contributed by atoms with van der Waals surface area (Å²) in [5, 5.41) is 3.44. The second kappa shape index (κ2) is 6.50.